The van der Waals surface area contributed by atoms with Gasteiger partial charge in [0.15, 0.2) is 0 Å². The molecular weight excluding hydrogens is 200 g/mol. The van der Waals surface area contributed by atoms with Gasteiger partial charge in [0, 0.05) is 5.75 Å². The Labute approximate surface area is 94.6 Å². The first-order valence-corrected chi connectivity index (χ1v) is 7.32. The summed E-state index contributed by atoms with van der Waals surface area (Å²) in [5.74, 6) is 2.62. The predicted octanol–water partition coefficient (Wildman–Crippen LogP) is 3.38. The molecular formula is C14H20S. The maximum Gasteiger partial charge on any atom is 0.0106 e. The molecule has 0 aromatic heterocycles. The van der Waals surface area contributed by atoms with E-state index < -0.39 is 9.21 Å². The molecule has 1 fully saturated rings. The highest BCUT2D eigenvalue weighted by Gasteiger charge is 2.19. The zero-order valence-corrected chi connectivity index (χ0v) is 10.4. The van der Waals surface area contributed by atoms with Gasteiger partial charge >= 0.3 is 0 Å². The smallest absolute Gasteiger partial charge is 0.0106 e. The van der Waals surface area contributed by atoms with E-state index >= 15 is 0 Å². The van der Waals surface area contributed by atoms with E-state index in [-0.39, 0.29) is 0 Å². The number of terminal acetylenes is 1. The average molecular weight is 220 g/mol. The Morgan fingerprint density at radius 2 is 1.73 bits per heavy atom. The third-order valence-electron chi connectivity index (χ3n) is 3.32. The maximum atomic E-state index is 5.56. The summed E-state index contributed by atoms with van der Waals surface area (Å²) in [5, 5.41) is 8.80. The Kier molecular flexibility index (Phi) is 4.37. The van der Waals surface area contributed by atoms with Gasteiger partial charge in [0.1, 0.15) is 0 Å². The monoisotopic (exact) mass is 220 g/mol. The Morgan fingerprint density at radius 1 is 1.20 bits per heavy atom. The topological polar surface area (TPSA) is 0 Å². The van der Waals surface area contributed by atoms with Crippen LogP contribution in [0.15, 0.2) is 13.2 Å². The van der Waals surface area contributed by atoms with Crippen molar-refractivity contribution in [2.45, 2.75) is 32.6 Å². The third-order valence-corrected chi connectivity index (χ3v) is 5.67. The van der Waals surface area contributed by atoms with E-state index in [1.165, 1.54) is 25.7 Å². The summed E-state index contributed by atoms with van der Waals surface area (Å²) >= 11 is 0. The summed E-state index contributed by atoms with van der Waals surface area (Å²) in [7, 11) is -1.42. The maximum absolute atomic E-state index is 5.56. The van der Waals surface area contributed by atoms with Crippen LogP contribution in [0.5, 0.6) is 0 Å². The quantitative estimate of drug-likeness (QED) is 0.494. The van der Waals surface area contributed by atoms with Gasteiger partial charge in [0.05, 0.1) is 0 Å². The molecule has 1 aliphatic carbocycles. The highest BCUT2D eigenvalue weighted by atomic mass is 32.2. The molecule has 0 aromatic carbocycles. The molecule has 0 aliphatic heterocycles. The van der Waals surface area contributed by atoms with Crippen LogP contribution in [0.3, 0.4) is 0 Å². The van der Waals surface area contributed by atoms with Crippen LogP contribution in [0.2, 0.25) is 0 Å². The molecule has 0 atom stereocenters. The van der Waals surface area contributed by atoms with E-state index in [9.17, 15) is 0 Å². The highest BCUT2D eigenvalue weighted by Crippen LogP contribution is 2.34. The normalized spacial score (nSPS) is 26.1. The van der Waals surface area contributed by atoms with Crippen LogP contribution >= 0.6 is 9.21 Å². The van der Waals surface area contributed by atoms with Crippen LogP contribution in [0.25, 0.3) is 0 Å². The van der Waals surface area contributed by atoms with E-state index in [4.69, 9.17) is 6.42 Å². The molecule has 0 bridgehead atoms. The second-order valence-corrected chi connectivity index (χ2v) is 7.06. The lowest BCUT2D eigenvalue weighted by atomic mass is 9.84. The summed E-state index contributed by atoms with van der Waals surface area (Å²) < 4.78 is 0. The zero-order chi connectivity index (χ0) is 11.3. The van der Waals surface area contributed by atoms with Gasteiger partial charge in [-0.25, -0.2) is 0 Å². The minimum Gasteiger partial charge on any atom is -0.108 e. The molecule has 0 N–H and O–H groups in total. The van der Waals surface area contributed by atoms with Crippen molar-refractivity contribution in [3.05, 3.63) is 13.2 Å². The lowest BCUT2D eigenvalue weighted by Crippen LogP contribution is -2.15. The molecule has 82 valence electrons. The number of hydrogen-bond acceptors (Lipinski definition) is 0. The standard InChI is InChI=1S/C14H20S/c1-5-15(6-2,7-3)12-14-10-8-13(4)9-11-14/h1,13-14H,2-3,8-12H2,4H3. The summed E-state index contributed by atoms with van der Waals surface area (Å²) in [4.78, 5) is 0. The molecule has 15 heavy (non-hydrogen) atoms. The van der Waals surface area contributed by atoms with Gasteiger partial charge in [0.25, 0.3) is 0 Å². The molecule has 1 heteroatoms. The fourth-order valence-electron chi connectivity index (χ4n) is 2.15. The van der Waals surface area contributed by atoms with E-state index in [2.05, 4.69) is 35.4 Å². The number of hydrogen-bond donors (Lipinski definition) is 0. The molecule has 1 rings (SSSR count). The molecule has 0 aromatic rings. The van der Waals surface area contributed by atoms with Crippen molar-refractivity contribution in [2.75, 3.05) is 5.75 Å². The largest absolute Gasteiger partial charge is 0.108 e. The van der Waals surface area contributed by atoms with Crippen molar-refractivity contribution in [3.8, 4) is 11.7 Å². The Hall–Kier alpha value is -0.790. The van der Waals surface area contributed by atoms with Crippen molar-refractivity contribution < 1.29 is 0 Å². The lowest BCUT2D eigenvalue weighted by molar-refractivity contribution is 0.311. The van der Waals surface area contributed by atoms with Crippen LogP contribution < -0.4 is 0 Å². The first-order valence-electron chi connectivity index (χ1n) is 5.52. The van der Waals surface area contributed by atoms with Crippen LogP contribution in [-0.4, -0.2) is 15.8 Å². The molecule has 0 saturated heterocycles. The van der Waals surface area contributed by atoms with Crippen LogP contribution in [0, 0.1) is 23.5 Å². The molecule has 0 radical (unpaired) electrons. The molecule has 1 aliphatic rings. The fraction of sp³-hybridized carbons (Fsp3) is 0.571. The van der Waals surface area contributed by atoms with Gasteiger partial charge < -0.3 is 0 Å². The molecule has 1 saturated carbocycles. The van der Waals surface area contributed by atoms with Gasteiger partial charge in [-0.05, 0) is 43.1 Å². The molecule has 0 unspecified atom stereocenters. The highest BCUT2D eigenvalue weighted by molar-refractivity contribution is 8.32. The molecule has 0 heterocycles. The minimum atomic E-state index is -1.42. The van der Waals surface area contributed by atoms with Gasteiger partial charge in [-0.1, -0.05) is 39.0 Å². The second kappa shape index (κ2) is 5.34. The average Bonchev–Trinajstić information content (AvgIpc) is 2.29. The number of rotatable bonds is 2. The van der Waals surface area contributed by atoms with Crippen LogP contribution in [0.4, 0.5) is 0 Å². The van der Waals surface area contributed by atoms with Gasteiger partial charge in [0.2, 0.25) is 0 Å². The van der Waals surface area contributed by atoms with E-state index in [1.54, 1.807) is 0 Å². The van der Waals surface area contributed by atoms with Crippen molar-refractivity contribution in [2.24, 2.45) is 11.8 Å². The zero-order valence-electron chi connectivity index (χ0n) is 9.59. The summed E-state index contributed by atoms with van der Waals surface area (Å²) in [6.07, 6.45) is 10.8. The first-order chi connectivity index (χ1) is 7.15. The third kappa shape index (κ3) is 3.08. The van der Waals surface area contributed by atoms with Gasteiger partial charge in [-0.2, -0.15) is 0 Å². The summed E-state index contributed by atoms with van der Waals surface area (Å²) in [6.45, 7) is 9.77. The molecule has 0 amide bonds. The SMILES string of the molecule is C#CS(=C=C)(=C=C)CC1CCC(C)CC1. The second-order valence-electron chi connectivity index (χ2n) is 4.44. The van der Waals surface area contributed by atoms with Crippen molar-refractivity contribution in [3.63, 3.8) is 0 Å². The predicted molar refractivity (Wildman–Crippen MR) is 73.7 cm³/mol. The first kappa shape index (κ1) is 12.3. The summed E-state index contributed by atoms with van der Waals surface area (Å²) in [5.41, 5.74) is 0. The van der Waals surface area contributed by atoms with Crippen molar-refractivity contribution in [1.82, 2.24) is 0 Å². The lowest BCUT2D eigenvalue weighted by Gasteiger charge is -2.26. The van der Waals surface area contributed by atoms with Crippen LogP contribution in [0.1, 0.15) is 32.6 Å². The van der Waals surface area contributed by atoms with Gasteiger partial charge in [-0.15, -0.1) is 6.42 Å². The van der Waals surface area contributed by atoms with E-state index in [1.807, 2.05) is 0 Å². The Bertz CT molecular complexity index is 389. The fourth-order valence-corrected chi connectivity index (χ4v) is 3.79. The van der Waals surface area contributed by atoms with Crippen LogP contribution in [-0.2, 0) is 0 Å². The van der Waals surface area contributed by atoms with E-state index in [0.29, 0.717) is 0 Å². The summed E-state index contributed by atoms with van der Waals surface area (Å²) in [6, 6.07) is 0. The molecule has 0 nitrogen and oxygen atoms in total. The van der Waals surface area contributed by atoms with E-state index in [0.717, 1.165) is 17.6 Å². The van der Waals surface area contributed by atoms with Crippen molar-refractivity contribution in [1.29, 1.82) is 0 Å². The Balaban J connectivity index is 2.76. The van der Waals surface area contributed by atoms with Crippen molar-refractivity contribution >= 4 is 19.3 Å². The molecule has 0 spiro atoms. The van der Waals surface area contributed by atoms with Gasteiger partial charge in [-0.3, -0.25) is 0 Å². The Morgan fingerprint density at radius 3 is 2.13 bits per heavy atom. The minimum absolute atomic E-state index is 0.732.